The monoisotopic (exact) mass is 316 g/mol. The van der Waals surface area contributed by atoms with E-state index in [4.69, 9.17) is 4.74 Å². The van der Waals surface area contributed by atoms with Crippen LogP contribution in [0.15, 0.2) is 36.4 Å². The SMILES string of the molecule is Cc1ccc(CN2Cc3ccccc3O[C@@H](CN(C)C)C2)s1. The fourth-order valence-corrected chi connectivity index (χ4v) is 3.91. The van der Waals surface area contributed by atoms with Crippen molar-refractivity contribution < 1.29 is 4.74 Å². The Balaban J connectivity index is 1.80. The van der Waals surface area contributed by atoms with Crippen LogP contribution in [0.5, 0.6) is 5.75 Å². The Morgan fingerprint density at radius 3 is 2.77 bits per heavy atom. The molecule has 0 N–H and O–H groups in total. The maximum Gasteiger partial charge on any atom is 0.124 e. The lowest BCUT2D eigenvalue weighted by Crippen LogP contribution is -2.39. The number of benzene rings is 1. The van der Waals surface area contributed by atoms with Crippen LogP contribution in [0.3, 0.4) is 0 Å². The van der Waals surface area contributed by atoms with Crippen molar-refractivity contribution in [2.75, 3.05) is 27.2 Å². The third kappa shape index (κ3) is 3.88. The van der Waals surface area contributed by atoms with E-state index in [-0.39, 0.29) is 6.10 Å². The van der Waals surface area contributed by atoms with Crippen molar-refractivity contribution in [2.45, 2.75) is 26.1 Å². The molecule has 1 aromatic heterocycles. The number of ether oxygens (including phenoxy) is 1. The van der Waals surface area contributed by atoms with E-state index in [1.165, 1.54) is 15.3 Å². The summed E-state index contributed by atoms with van der Waals surface area (Å²) >= 11 is 1.89. The summed E-state index contributed by atoms with van der Waals surface area (Å²) in [4.78, 5) is 7.52. The van der Waals surface area contributed by atoms with Crippen LogP contribution in [-0.4, -0.2) is 43.1 Å². The molecule has 22 heavy (non-hydrogen) atoms. The third-order valence-corrected chi connectivity index (χ3v) is 4.85. The molecule has 2 aromatic rings. The highest BCUT2D eigenvalue weighted by Gasteiger charge is 2.23. The summed E-state index contributed by atoms with van der Waals surface area (Å²) < 4.78 is 6.26. The minimum Gasteiger partial charge on any atom is -0.487 e. The van der Waals surface area contributed by atoms with Crippen molar-refractivity contribution in [3.8, 4) is 5.75 Å². The first kappa shape index (κ1) is 15.5. The van der Waals surface area contributed by atoms with Crippen molar-refractivity contribution in [1.82, 2.24) is 9.80 Å². The molecular formula is C18H24N2OS. The van der Waals surface area contributed by atoms with Gasteiger partial charge < -0.3 is 9.64 Å². The Hall–Kier alpha value is -1.36. The van der Waals surface area contributed by atoms with Gasteiger partial charge in [0.15, 0.2) is 0 Å². The number of hydrogen-bond donors (Lipinski definition) is 0. The van der Waals surface area contributed by atoms with Crippen molar-refractivity contribution >= 4 is 11.3 Å². The summed E-state index contributed by atoms with van der Waals surface area (Å²) in [5.74, 6) is 1.04. The lowest BCUT2D eigenvalue weighted by Gasteiger charge is -2.25. The van der Waals surface area contributed by atoms with Gasteiger partial charge in [-0.2, -0.15) is 0 Å². The molecule has 2 heterocycles. The van der Waals surface area contributed by atoms with Crippen LogP contribution in [0.1, 0.15) is 15.3 Å². The van der Waals surface area contributed by atoms with E-state index in [0.29, 0.717) is 0 Å². The van der Waals surface area contributed by atoms with E-state index >= 15 is 0 Å². The molecule has 1 aliphatic rings. The van der Waals surface area contributed by atoms with Gasteiger partial charge in [-0.15, -0.1) is 11.3 Å². The van der Waals surface area contributed by atoms with Gasteiger partial charge in [-0.1, -0.05) is 18.2 Å². The predicted molar refractivity (Wildman–Crippen MR) is 92.6 cm³/mol. The molecule has 1 aliphatic heterocycles. The Morgan fingerprint density at radius 2 is 2.05 bits per heavy atom. The van der Waals surface area contributed by atoms with Gasteiger partial charge in [0.25, 0.3) is 0 Å². The Labute approximate surface area is 137 Å². The number of fused-ring (bicyclic) bond motifs is 1. The standard InChI is InChI=1S/C18H24N2OS/c1-14-8-9-17(22-14)13-20-10-15-6-4-5-7-18(15)21-16(12-20)11-19(2)3/h4-9,16H,10-13H2,1-3H3/t16-/m0/s1. The second kappa shape index (κ2) is 6.82. The summed E-state index contributed by atoms with van der Waals surface area (Å²) in [6, 6.07) is 12.9. The van der Waals surface area contributed by atoms with Crippen molar-refractivity contribution in [2.24, 2.45) is 0 Å². The zero-order valence-corrected chi connectivity index (χ0v) is 14.4. The molecule has 1 atom stereocenters. The second-order valence-electron chi connectivity index (χ2n) is 6.29. The van der Waals surface area contributed by atoms with Crippen LogP contribution in [0.2, 0.25) is 0 Å². The third-order valence-electron chi connectivity index (χ3n) is 3.87. The highest BCUT2D eigenvalue weighted by Crippen LogP contribution is 2.27. The second-order valence-corrected chi connectivity index (χ2v) is 7.66. The molecule has 0 aliphatic carbocycles. The molecule has 0 bridgehead atoms. The van der Waals surface area contributed by atoms with Crippen LogP contribution >= 0.6 is 11.3 Å². The van der Waals surface area contributed by atoms with Crippen molar-refractivity contribution in [3.63, 3.8) is 0 Å². The molecule has 0 unspecified atom stereocenters. The van der Waals surface area contributed by atoms with Crippen LogP contribution in [-0.2, 0) is 13.1 Å². The molecule has 1 aromatic carbocycles. The molecule has 0 amide bonds. The minimum absolute atomic E-state index is 0.208. The summed E-state index contributed by atoms with van der Waals surface area (Å²) in [6.45, 7) is 6.03. The first-order chi connectivity index (χ1) is 10.6. The molecule has 0 saturated carbocycles. The Kier molecular flexibility index (Phi) is 4.81. The average molecular weight is 316 g/mol. The van der Waals surface area contributed by atoms with E-state index in [9.17, 15) is 0 Å². The predicted octanol–water partition coefficient (Wildman–Crippen LogP) is 3.38. The number of rotatable bonds is 4. The Morgan fingerprint density at radius 1 is 1.23 bits per heavy atom. The van der Waals surface area contributed by atoms with Gasteiger partial charge in [0.2, 0.25) is 0 Å². The molecular weight excluding hydrogens is 292 g/mol. The van der Waals surface area contributed by atoms with Crippen molar-refractivity contribution in [1.29, 1.82) is 0 Å². The summed E-state index contributed by atoms with van der Waals surface area (Å²) in [5, 5.41) is 0. The fraction of sp³-hybridized carbons (Fsp3) is 0.444. The molecule has 0 fully saturated rings. The zero-order chi connectivity index (χ0) is 15.5. The zero-order valence-electron chi connectivity index (χ0n) is 13.6. The van der Waals surface area contributed by atoms with Gasteiger partial charge in [-0.3, -0.25) is 4.90 Å². The fourth-order valence-electron chi connectivity index (χ4n) is 2.97. The molecule has 118 valence electrons. The average Bonchev–Trinajstić information content (AvgIpc) is 2.77. The van der Waals surface area contributed by atoms with Gasteiger partial charge in [0, 0.05) is 41.5 Å². The molecule has 0 spiro atoms. The van der Waals surface area contributed by atoms with E-state index in [1.54, 1.807) is 0 Å². The van der Waals surface area contributed by atoms with Crippen LogP contribution in [0.4, 0.5) is 0 Å². The largest absolute Gasteiger partial charge is 0.487 e. The lowest BCUT2D eigenvalue weighted by molar-refractivity contribution is 0.117. The maximum absolute atomic E-state index is 6.26. The van der Waals surface area contributed by atoms with Gasteiger partial charge in [-0.25, -0.2) is 0 Å². The number of para-hydroxylation sites is 1. The number of likely N-dealkylation sites (N-methyl/N-ethyl adjacent to an activating group) is 1. The Bertz CT molecular complexity index is 623. The number of nitrogens with zero attached hydrogens (tertiary/aromatic N) is 2. The van der Waals surface area contributed by atoms with E-state index in [2.05, 4.69) is 67.2 Å². The topological polar surface area (TPSA) is 15.7 Å². The highest BCUT2D eigenvalue weighted by molar-refractivity contribution is 7.11. The van der Waals surface area contributed by atoms with Gasteiger partial charge in [0.1, 0.15) is 11.9 Å². The number of thiophene rings is 1. The minimum atomic E-state index is 0.208. The van der Waals surface area contributed by atoms with E-state index in [1.807, 2.05) is 11.3 Å². The van der Waals surface area contributed by atoms with Gasteiger partial charge in [-0.05, 0) is 39.2 Å². The number of hydrogen-bond acceptors (Lipinski definition) is 4. The molecule has 0 saturated heterocycles. The summed E-state index contributed by atoms with van der Waals surface area (Å²) in [5.41, 5.74) is 1.29. The maximum atomic E-state index is 6.26. The molecule has 4 heteroatoms. The van der Waals surface area contributed by atoms with Crippen LogP contribution < -0.4 is 4.74 Å². The van der Waals surface area contributed by atoms with Crippen LogP contribution in [0.25, 0.3) is 0 Å². The summed E-state index contributed by atoms with van der Waals surface area (Å²) in [6.07, 6.45) is 0.208. The normalized spacial score (nSPS) is 18.8. The smallest absolute Gasteiger partial charge is 0.124 e. The first-order valence-corrected chi connectivity index (χ1v) is 8.59. The summed E-state index contributed by atoms with van der Waals surface area (Å²) in [7, 11) is 4.21. The van der Waals surface area contributed by atoms with Gasteiger partial charge >= 0.3 is 0 Å². The quantitative estimate of drug-likeness (QED) is 0.860. The van der Waals surface area contributed by atoms with Crippen LogP contribution in [0, 0.1) is 6.92 Å². The molecule has 3 rings (SSSR count). The highest BCUT2D eigenvalue weighted by atomic mass is 32.1. The van der Waals surface area contributed by atoms with E-state index in [0.717, 1.165) is 31.9 Å². The molecule has 3 nitrogen and oxygen atoms in total. The molecule has 0 radical (unpaired) electrons. The van der Waals surface area contributed by atoms with Gasteiger partial charge in [0.05, 0.1) is 0 Å². The lowest BCUT2D eigenvalue weighted by atomic mass is 10.2. The van der Waals surface area contributed by atoms with Crippen molar-refractivity contribution in [3.05, 3.63) is 51.7 Å². The van der Waals surface area contributed by atoms with E-state index < -0.39 is 0 Å². The first-order valence-electron chi connectivity index (χ1n) is 7.77. The number of aryl methyl sites for hydroxylation is 1.